The van der Waals surface area contributed by atoms with Crippen molar-refractivity contribution in [2.75, 3.05) is 0 Å². The first-order chi connectivity index (χ1) is 13.6. The number of halogens is 1. The molecule has 138 valence electrons. The van der Waals surface area contributed by atoms with Crippen molar-refractivity contribution in [3.63, 3.8) is 0 Å². The number of carbonyl (C=O) groups excluding carboxylic acids is 1. The predicted octanol–water partition coefficient (Wildman–Crippen LogP) is 5.48. The van der Waals surface area contributed by atoms with Crippen LogP contribution in [0.5, 0.6) is 5.75 Å². The van der Waals surface area contributed by atoms with Crippen LogP contribution in [0, 0.1) is 18.3 Å². The van der Waals surface area contributed by atoms with E-state index in [2.05, 4.69) is 11.1 Å². The van der Waals surface area contributed by atoms with Gasteiger partial charge in [0.25, 0.3) is 0 Å². The monoisotopic (exact) mass is 388 g/mol. The summed E-state index contributed by atoms with van der Waals surface area (Å²) in [6, 6.07) is 14.7. The molecule has 1 heterocycles. The number of pyridine rings is 1. The summed E-state index contributed by atoms with van der Waals surface area (Å²) in [6.45, 7) is 2.27. The van der Waals surface area contributed by atoms with Crippen molar-refractivity contribution >= 4 is 30.0 Å². The van der Waals surface area contributed by atoms with E-state index in [9.17, 15) is 4.79 Å². The minimum Gasteiger partial charge on any atom is -0.488 e. The molecule has 0 radical (unpaired) electrons. The fraction of sp³-hybridized carbons (Fsp3) is 0.0870. The quantitative estimate of drug-likeness (QED) is 0.414. The van der Waals surface area contributed by atoms with Gasteiger partial charge in [-0.3, -0.25) is 9.78 Å². The van der Waals surface area contributed by atoms with E-state index in [0.717, 1.165) is 28.5 Å². The summed E-state index contributed by atoms with van der Waals surface area (Å²) in [7, 11) is 0. The number of carbonyl (C=O) groups is 1. The highest BCUT2D eigenvalue weighted by molar-refractivity contribution is 6.32. The lowest BCUT2D eigenvalue weighted by Crippen LogP contribution is -1.99. The number of hydrogen-bond acceptors (Lipinski definition) is 4. The van der Waals surface area contributed by atoms with Crippen LogP contribution >= 0.6 is 11.6 Å². The number of rotatable bonds is 6. The number of benzene rings is 2. The lowest BCUT2D eigenvalue weighted by Gasteiger charge is -2.11. The molecule has 2 aromatic carbocycles. The summed E-state index contributed by atoms with van der Waals surface area (Å²) < 4.78 is 5.82. The Morgan fingerprint density at radius 1 is 1.14 bits per heavy atom. The second kappa shape index (κ2) is 8.98. The van der Waals surface area contributed by atoms with Gasteiger partial charge in [0.1, 0.15) is 12.4 Å². The normalized spacial score (nSPS) is 10.6. The van der Waals surface area contributed by atoms with Crippen LogP contribution in [0.1, 0.15) is 38.2 Å². The van der Waals surface area contributed by atoms with E-state index in [-0.39, 0.29) is 0 Å². The SMILES string of the molecule is Cc1ccc(C#N)cc1/C=C/c1cc(OCc2cccnc2)c(C=O)cc1Cl. The van der Waals surface area contributed by atoms with Crippen LogP contribution < -0.4 is 4.74 Å². The summed E-state index contributed by atoms with van der Waals surface area (Å²) in [6.07, 6.45) is 7.86. The average molecular weight is 389 g/mol. The van der Waals surface area contributed by atoms with E-state index in [1.54, 1.807) is 30.6 Å². The molecule has 0 spiro atoms. The van der Waals surface area contributed by atoms with E-state index in [1.807, 2.05) is 43.3 Å². The van der Waals surface area contributed by atoms with E-state index in [1.165, 1.54) is 0 Å². The van der Waals surface area contributed by atoms with E-state index < -0.39 is 0 Å². The van der Waals surface area contributed by atoms with Gasteiger partial charge in [0, 0.05) is 23.0 Å². The number of aldehydes is 1. The van der Waals surface area contributed by atoms with Crippen LogP contribution in [-0.2, 0) is 6.61 Å². The Morgan fingerprint density at radius 3 is 2.68 bits per heavy atom. The molecular weight excluding hydrogens is 372 g/mol. The molecule has 0 N–H and O–H groups in total. The number of nitrogens with zero attached hydrogens (tertiary/aromatic N) is 2. The Hall–Kier alpha value is -3.42. The van der Waals surface area contributed by atoms with Gasteiger partial charge in [-0.2, -0.15) is 5.26 Å². The van der Waals surface area contributed by atoms with Gasteiger partial charge in [-0.1, -0.05) is 35.9 Å². The smallest absolute Gasteiger partial charge is 0.153 e. The lowest BCUT2D eigenvalue weighted by atomic mass is 10.0. The zero-order valence-electron chi connectivity index (χ0n) is 15.2. The fourth-order valence-corrected chi connectivity index (χ4v) is 2.88. The van der Waals surface area contributed by atoms with Crippen molar-refractivity contribution in [3.8, 4) is 11.8 Å². The zero-order chi connectivity index (χ0) is 19.9. The lowest BCUT2D eigenvalue weighted by molar-refractivity contribution is 0.111. The van der Waals surface area contributed by atoms with Crippen LogP contribution in [-0.4, -0.2) is 11.3 Å². The molecule has 28 heavy (non-hydrogen) atoms. The molecule has 0 saturated carbocycles. The van der Waals surface area contributed by atoms with Crippen molar-refractivity contribution < 1.29 is 9.53 Å². The summed E-state index contributed by atoms with van der Waals surface area (Å²) in [5.74, 6) is 0.449. The third-order valence-corrected chi connectivity index (χ3v) is 4.55. The second-order valence-electron chi connectivity index (χ2n) is 6.20. The maximum atomic E-state index is 11.4. The van der Waals surface area contributed by atoms with Gasteiger partial charge in [-0.05, 0) is 53.9 Å². The van der Waals surface area contributed by atoms with Crippen molar-refractivity contribution in [1.82, 2.24) is 4.98 Å². The highest BCUT2D eigenvalue weighted by atomic mass is 35.5. The molecule has 4 nitrogen and oxygen atoms in total. The minimum absolute atomic E-state index is 0.294. The Labute approximate surface area is 168 Å². The summed E-state index contributed by atoms with van der Waals surface area (Å²) in [5.41, 5.74) is 4.56. The highest BCUT2D eigenvalue weighted by Crippen LogP contribution is 2.29. The molecule has 3 aromatic rings. The van der Waals surface area contributed by atoms with Crippen LogP contribution in [0.3, 0.4) is 0 Å². The van der Waals surface area contributed by atoms with Gasteiger partial charge < -0.3 is 4.74 Å². The Morgan fingerprint density at radius 2 is 1.96 bits per heavy atom. The van der Waals surface area contributed by atoms with Crippen LogP contribution in [0.25, 0.3) is 12.2 Å². The van der Waals surface area contributed by atoms with Gasteiger partial charge in [0.05, 0.1) is 17.2 Å². The third-order valence-electron chi connectivity index (χ3n) is 4.22. The first kappa shape index (κ1) is 19.3. The molecule has 0 unspecified atom stereocenters. The van der Waals surface area contributed by atoms with Gasteiger partial charge in [0.2, 0.25) is 0 Å². The summed E-state index contributed by atoms with van der Waals surface area (Å²) >= 11 is 6.33. The summed E-state index contributed by atoms with van der Waals surface area (Å²) in [4.78, 5) is 15.4. The Kier molecular flexibility index (Phi) is 6.21. The maximum absolute atomic E-state index is 11.4. The molecule has 0 aliphatic heterocycles. The molecular formula is C23H17ClN2O2. The minimum atomic E-state index is 0.294. The fourth-order valence-electron chi connectivity index (χ4n) is 2.64. The van der Waals surface area contributed by atoms with E-state index in [4.69, 9.17) is 21.6 Å². The average Bonchev–Trinajstić information content (AvgIpc) is 2.73. The van der Waals surface area contributed by atoms with Gasteiger partial charge in [0.15, 0.2) is 6.29 Å². The third kappa shape index (κ3) is 4.64. The number of nitriles is 1. The zero-order valence-corrected chi connectivity index (χ0v) is 16.0. The number of aryl methyl sites for hydroxylation is 1. The molecule has 1 aromatic heterocycles. The Balaban J connectivity index is 1.89. The van der Waals surface area contributed by atoms with Crippen molar-refractivity contribution in [1.29, 1.82) is 5.26 Å². The van der Waals surface area contributed by atoms with Crippen molar-refractivity contribution in [3.05, 3.63) is 93.3 Å². The van der Waals surface area contributed by atoms with Crippen molar-refractivity contribution in [2.24, 2.45) is 0 Å². The first-order valence-corrected chi connectivity index (χ1v) is 8.98. The highest BCUT2D eigenvalue weighted by Gasteiger charge is 2.09. The predicted molar refractivity (Wildman–Crippen MR) is 110 cm³/mol. The first-order valence-electron chi connectivity index (χ1n) is 8.60. The molecule has 0 aliphatic rings. The van der Waals surface area contributed by atoms with Crippen molar-refractivity contribution in [2.45, 2.75) is 13.5 Å². The van der Waals surface area contributed by atoms with Crippen LogP contribution in [0.2, 0.25) is 5.02 Å². The molecule has 0 bridgehead atoms. The van der Waals surface area contributed by atoms with Gasteiger partial charge >= 0.3 is 0 Å². The molecule has 0 saturated heterocycles. The molecule has 0 aliphatic carbocycles. The maximum Gasteiger partial charge on any atom is 0.153 e. The largest absolute Gasteiger partial charge is 0.488 e. The summed E-state index contributed by atoms with van der Waals surface area (Å²) in [5, 5.41) is 9.53. The topological polar surface area (TPSA) is 63.0 Å². The molecule has 3 rings (SSSR count). The molecule has 0 atom stereocenters. The van der Waals surface area contributed by atoms with E-state index >= 15 is 0 Å². The number of hydrogen-bond donors (Lipinski definition) is 0. The number of ether oxygens (including phenoxy) is 1. The van der Waals surface area contributed by atoms with Crippen LogP contribution in [0.4, 0.5) is 0 Å². The number of aromatic nitrogens is 1. The second-order valence-corrected chi connectivity index (χ2v) is 6.60. The van der Waals surface area contributed by atoms with Gasteiger partial charge in [-0.15, -0.1) is 0 Å². The standard InChI is InChI=1S/C23H17ClN2O2/c1-16-4-5-17(12-25)9-19(16)6-7-20-11-23(21(14-27)10-22(20)24)28-15-18-3-2-8-26-13-18/h2-11,13-14H,15H2,1H3/b7-6+. The van der Waals surface area contributed by atoms with Crippen LogP contribution in [0.15, 0.2) is 54.9 Å². The Bertz CT molecular complexity index is 1070. The molecule has 0 fully saturated rings. The van der Waals surface area contributed by atoms with Gasteiger partial charge in [-0.25, -0.2) is 0 Å². The molecule has 0 amide bonds. The molecule has 5 heteroatoms. The van der Waals surface area contributed by atoms with E-state index in [0.29, 0.717) is 28.5 Å².